The highest BCUT2D eigenvalue weighted by molar-refractivity contribution is 9.10. The van der Waals surface area contributed by atoms with Crippen LogP contribution in [0, 0.1) is 17.1 Å². The van der Waals surface area contributed by atoms with Crippen LogP contribution in [0.4, 0.5) is 4.39 Å². The van der Waals surface area contributed by atoms with Crippen LogP contribution in [0.5, 0.6) is 0 Å². The van der Waals surface area contributed by atoms with Gasteiger partial charge in [0, 0.05) is 6.20 Å². The summed E-state index contributed by atoms with van der Waals surface area (Å²) in [4.78, 5) is 11.5. The average Bonchev–Trinajstić information content (AvgIpc) is 2.91. The average molecular weight is 338 g/mol. The maximum absolute atomic E-state index is 14.1. The van der Waals surface area contributed by atoms with Crippen molar-refractivity contribution in [2.75, 3.05) is 6.61 Å². The number of carbonyl (C=O) groups excluding carboxylic acids is 1. The van der Waals surface area contributed by atoms with E-state index in [0.29, 0.717) is 0 Å². The summed E-state index contributed by atoms with van der Waals surface area (Å²) in [5.41, 5.74) is 0.544. The zero-order valence-electron chi connectivity index (χ0n) is 10.4. The van der Waals surface area contributed by atoms with Crippen molar-refractivity contribution in [1.29, 1.82) is 5.26 Å². The smallest absolute Gasteiger partial charge is 0.341 e. The summed E-state index contributed by atoms with van der Waals surface area (Å²) in [6.07, 6.45) is 2.67. The molecular weight excluding hydrogens is 329 g/mol. The molecule has 2 rings (SSSR count). The number of benzene rings is 1. The Kier molecular flexibility index (Phi) is 4.15. The van der Waals surface area contributed by atoms with Gasteiger partial charge in [-0.25, -0.2) is 13.9 Å². The number of halogens is 2. The van der Waals surface area contributed by atoms with Crippen molar-refractivity contribution >= 4 is 21.9 Å². The van der Waals surface area contributed by atoms with E-state index in [0.717, 1.165) is 0 Å². The molecule has 0 unspecified atom stereocenters. The zero-order valence-corrected chi connectivity index (χ0v) is 12.0. The second-order valence-electron chi connectivity index (χ2n) is 3.77. The molecular formula is C13H9BrFN3O2. The molecule has 0 amide bonds. The molecule has 102 valence electrons. The molecule has 20 heavy (non-hydrogen) atoms. The fourth-order valence-corrected chi connectivity index (χ4v) is 2.00. The van der Waals surface area contributed by atoms with Gasteiger partial charge in [-0.05, 0) is 35.0 Å². The fraction of sp³-hybridized carbons (Fsp3) is 0.154. The molecule has 0 fully saturated rings. The Morgan fingerprint density at radius 3 is 3.00 bits per heavy atom. The number of esters is 1. The van der Waals surface area contributed by atoms with E-state index in [1.165, 1.54) is 29.2 Å². The molecule has 0 aliphatic carbocycles. The first-order valence-electron chi connectivity index (χ1n) is 5.68. The highest BCUT2D eigenvalue weighted by Crippen LogP contribution is 2.25. The third-order valence-electron chi connectivity index (χ3n) is 2.52. The Bertz CT molecular complexity index is 706. The lowest BCUT2D eigenvalue weighted by atomic mass is 10.2. The Morgan fingerprint density at radius 2 is 2.35 bits per heavy atom. The van der Waals surface area contributed by atoms with Gasteiger partial charge < -0.3 is 4.74 Å². The molecule has 0 radical (unpaired) electrons. The standard InChI is InChI=1S/C13H9BrFN3O2/c1-2-20-13(19)9-6-17-18(7-9)10-4-3-8(5-16)11(14)12(10)15/h3-4,6-7H,2H2,1H3. The van der Waals surface area contributed by atoms with E-state index in [-0.39, 0.29) is 27.9 Å². The van der Waals surface area contributed by atoms with Crippen molar-refractivity contribution < 1.29 is 13.9 Å². The number of rotatable bonds is 3. The molecule has 1 aromatic heterocycles. The highest BCUT2D eigenvalue weighted by atomic mass is 79.9. The molecule has 0 aliphatic heterocycles. The lowest BCUT2D eigenvalue weighted by Gasteiger charge is -2.05. The van der Waals surface area contributed by atoms with E-state index in [2.05, 4.69) is 21.0 Å². The molecule has 0 aliphatic rings. The minimum absolute atomic E-state index is 0.0608. The molecule has 0 spiro atoms. The van der Waals surface area contributed by atoms with Crippen LogP contribution in [0.1, 0.15) is 22.8 Å². The Hall–Kier alpha value is -2.20. The van der Waals surface area contributed by atoms with Crippen LogP contribution in [-0.2, 0) is 4.74 Å². The quantitative estimate of drug-likeness (QED) is 0.807. The number of hydrogen-bond donors (Lipinski definition) is 0. The van der Waals surface area contributed by atoms with Crippen molar-refractivity contribution in [2.45, 2.75) is 6.92 Å². The molecule has 0 saturated carbocycles. The van der Waals surface area contributed by atoms with Gasteiger partial charge in [0.2, 0.25) is 0 Å². The van der Waals surface area contributed by atoms with E-state index >= 15 is 0 Å². The molecule has 0 N–H and O–H groups in total. The van der Waals surface area contributed by atoms with Crippen LogP contribution < -0.4 is 0 Å². The van der Waals surface area contributed by atoms with E-state index in [1.807, 2.05) is 6.07 Å². The van der Waals surface area contributed by atoms with Gasteiger partial charge in [-0.1, -0.05) is 0 Å². The minimum Gasteiger partial charge on any atom is -0.462 e. The first-order chi connectivity index (χ1) is 9.58. The first kappa shape index (κ1) is 14.2. The van der Waals surface area contributed by atoms with Crippen LogP contribution in [0.2, 0.25) is 0 Å². The summed E-state index contributed by atoms with van der Waals surface area (Å²) in [5, 5.41) is 12.7. The maximum atomic E-state index is 14.1. The van der Waals surface area contributed by atoms with Crippen LogP contribution in [0.25, 0.3) is 5.69 Å². The van der Waals surface area contributed by atoms with Gasteiger partial charge in [-0.15, -0.1) is 0 Å². The third kappa shape index (κ3) is 2.56. The Morgan fingerprint density at radius 1 is 1.60 bits per heavy atom. The van der Waals surface area contributed by atoms with E-state index < -0.39 is 11.8 Å². The SMILES string of the molecule is CCOC(=O)c1cnn(-c2ccc(C#N)c(Br)c2F)c1. The second kappa shape index (κ2) is 5.84. The molecule has 1 heterocycles. The predicted molar refractivity (Wildman–Crippen MR) is 71.9 cm³/mol. The molecule has 5 nitrogen and oxygen atoms in total. The minimum atomic E-state index is -0.623. The van der Waals surface area contributed by atoms with Crippen molar-refractivity contribution in [3.63, 3.8) is 0 Å². The van der Waals surface area contributed by atoms with Gasteiger partial charge in [0.25, 0.3) is 0 Å². The van der Waals surface area contributed by atoms with Crippen LogP contribution in [0.15, 0.2) is 29.0 Å². The number of nitriles is 1. The van der Waals surface area contributed by atoms with Gasteiger partial charge in [-0.2, -0.15) is 10.4 Å². The van der Waals surface area contributed by atoms with Gasteiger partial charge in [0.05, 0.1) is 28.4 Å². The van der Waals surface area contributed by atoms with Crippen molar-refractivity contribution in [1.82, 2.24) is 9.78 Å². The highest BCUT2D eigenvalue weighted by Gasteiger charge is 2.15. The van der Waals surface area contributed by atoms with Gasteiger partial charge in [0.1, 0.15) is 11.8 Å². The molecule has 2 aromatic rings. The fourth-order valence-electron chi connectivity index (χ4n) is 1.58. The number of hydrogen-bond acceptors (Lipinski definition) is 4. The van der Waals surface area contributed by atoms with E-state index in [4.69, 9.17) is 10.00 Å². The van der Waals surface area contributed by atoms with Crippen molar-refractivity contribution in [3.8, 4) is 11.8 Å². The Labute approximate surface area is 122 Å². The lowest BCUT2D eigenvalue weighted by Crippen LogP contribution is -2.03. The molecule has 0 saturated heterocycles. The van der Waals surface area contributed by atoms with Crippen molar-refractivity contribution in [2.24, 2.45) is 0 Å². The monoisotopic (exact) mass is 337 g/mol. The zero-order chi connectivity index (χ0) is 14.7. The topological polar surface area (TPSA) is 67.9 Å². The predicted octanol–water partition coefficient (Wildman–Crippen LogP) is 2.82. The number of nitrogens with zero attached hydrogens (tertiary/aromatic N) is 3. The summed E-state index contributed by atoms with van der Waals surface area (Å²) in [5.74, 6) is -1.14. The summed E-state index contributed by atoms with van der Waals surface area (Å²) in [6.45, 7) is 1.94. The number of aromatic nitrogens is 2. The molecule has 0 atom stereocenters. The molecule has 7 heteroatoms. The summed E-state index contributed by atoms with van der Waals surface area (Å²) in [6, 6.07) is 4.75. The van der Waals surface area contributed by atoms with Crippen LogP contribution in [-0.4, -0.2) is 22.4 Å². The first-order valence-corrected chi connectivity index (χ1v) is 6.48. The number of carbonyl (C=O) groups is 1. The third-order valence-corrected chi connectivity index (χ3v) is 3.30. The maximum Gasteiger partial charge on any atom is 0.341 e. The van der Waals surface area contributed by atoms with Gasteiger partial charge >= 0.3 is 5.97 Å². The Balaban J connectivity index is 2.41. The summed E-state index contributed by atoms with van der Waals surface area (Å²) in [7, 11) is 0. The van der Waals surface area contributed by atoms with Crippen LogP contribution >= 0.6 is 15.9 Å². The van der Waals surface area contributed by atoms with E-state index in [9.17, 15) is 9.18 Å². The van der Waals surface area contributed by atoms with Gasteiger partial charge in [-0.3, -0.25) is 0 Å². The normalized spacial score (nSPS) is 10.1. The molecule has 0 bridgehead atoms. The summed E-state index contributed by atoms with van der Waals surface area (Å²) < 4.78 is 20.2. The second-order valence-corrected chi connectivity index (χ2v) is 4.56. The van der Waals surface area contributed by atoms with Crippen LogP contribution in [0.3, 0.4) is 0 Å². The van der Waals surface area contributed by atoms with Gasteiger partial charge in [0.15, 0.2) is 5.82 Å². The number of ether oxygens (including phenoxy) is 1. The van der Waals surface area contributed by atoms with E-state index in [1.54, 1.807) is 6.92 Å². The lowest BCUT2D eigenvalue weighted by molar-refractivity contribution is 0.0526. The van der Waals surface area contributed by atoms with Crippen molar-refractivity contribution in [3.05, 3.63) is 45.9 Å². The largest absolute Gasteiger partial charge is 0.462 e. The summed E-state index contributed by atoms with van der Waals surface area (Å²) >= 11 is 3.02. The molecule has 1 aromatic carbocycles.